The van der Waals surface area contributed by atoms with E-state index in [9.17, 15) is 14.4 Å². The van der Waals surface area contributed by atoms with Gasteiger partial charge in [-0.3, -0.25) is 9.59 Å². The number of ether oxygens (including phenoxy) is 1. The van der Waals surface area contributed by atoms with E-state index >= 15 is 0 Å². The zero-order valence-corrected chi connectivity index (χ0v) is 18.8. The summed E-state index contributed by atoms with van der Waals surface area (Å²) >= 11 is 0. The third kappa shape index (κ3) is 5.02. The van der Waals surface area contributed by atoms with Crippen molar-refractivity contribution < 1.29 is 24.2 Å². The van der Waals surface area contributed by atoms with E-state index in [4.69, 9.17) is 9.84 Å². The first-order valence-corrected chi connectivity index (χ1v) is 11.6. The molecule has 2 amide bonds. The van der Waals surface area contributed by atoms with Crippen LogP contribution in [0.25, 0.3) is 11.1 Å². The Bertz CT molecular complexity index is 991. The van der Waals surface area contributed by atoms with Crippen molar-refractivity contribution in [1.82, 2.24) is 10.2 Å². The minimum atomic E-state index is -1.01. The number of alkyl carbamates (subject to hydrolysis) is 1. The Hall–Kier alpha value is -3.35. The fourth-order valence-corrected chi connectivity index (χ4v) is 5.10. The minimum absolute atomic E-state index is 0.000301. The summed E-state index contributed by atoms with van der Waals surface area (Å²) in [6.07, 6.45) is 2.03. The second-order valence-corrected chi connectivity index (χ2v) is 8.83. The molecule has 7 nitrogen and oxygen atoms in total. The van der Waals surface area contributed by atoms with Crippen molar-refractivity contribution in [2.24, 2.45) is 5.92 Å². The Labute approximate surface area is 193 Å². The summed E-state index contributed by atoms with van der Waals surface area (Å²) in [5.74, 6) is -1.42. The van der Waals surface area contributed by atoms with Gasteiger partial charge in [0.15, 0.2) is 0 Å². The second-order valence-electron chi connectivity index (χ2n) is 8.83. The predicted molar refractivity (Wildman–Crippen MR) is 124 cm³/mol. The zero-order valence-electron chi connectivity index (χ0n) is 18.8. The third-order valence-electron chi connectivity index (χ3n) is 6.58. The summed E-state index contributed by atoms with van der Waals surface area (Å²) in [5, 5.41) is 12.0. The SMILES string of the molecule is CCCN(CC(=O)O)C(=O)C1CCC(NC(=O)OCC2c3ccccc3-c3ccccc32)C1. The number of aliphatic carboxylic acids is 1. The Morgan fingerprint density at radius 3 is 2.27 bits per heavy atom. The molecule has 33 heavy (non-hydrogen) atoms. The van der Waals surface area contributed by atoms with Crippen LogP contribution in [0.3, 0.4) is 0 Å². The number of amides is 2. The topological polar surface area (TPSA) is 95.9 Å². The van der Waals surface area contributed by atoms with Gasteiger partial charge in [0.05, 0.1) is 0 Å². The summed E-state index contributed by atoms with van der Waals surface area (Å²) in [4.78, 5) is 37.8. The quantitative estimate of drug-likeness (QED) is 0.633. The van der Waals surface area contributed by atoms with Gasteiger partial charge in [0.2, 0.25) is 5.91 Å². The van der Waals surface area contributed by atoms with Crippen LogP contribution in [0.1, 0.15) is 49.7 Å². The van der Waals surface area contributed by atoms with Crippen LogP contribution in [0.15, 0.2) is 48.5 Å². The maximum absolute atomic E-state index is 12.8. The first kappa shape index (κ1) is 22.8. The first-order valence-electron chi connectivity index (χ1n) is 11.6. The van der Waals surface area contributed by atoms with Gasteiger partial charge in [-0.05, 0) is 47.9 Å². The van der Waals surface area contributed by atoms with E-state index in [0.29, 0.717) is 32.2 Å². The number of carbonyl (C=O) groups is 3. The number of benzene rings is 2. The summed E-state index contributed by atoms with van der Waals surface area (Å²) in [6, 6.07) is 16.2. The number of nitrogens with one attached hydrogen (secondary N) is 1. The number of carboxylic acids is 1. The molecular formula is C26H30N2O5. The van der Waals surface area contributed by atoms with Crippen LogP contribution in [0.5, 0.6) is 0 Å². The van der Waals surface area contributed by atoms with Crippen molar-refractivity contribution in [2.75, 3.05) is 19.7 Å². The predicted octanol–water partition coefficient (Wildman–Crippen LogP) is 4.02. The Morgan fingerprint density at radius 2 is 1.67 bits per heavy atom. The van der Waals surface area contributed by atoms with Crippen molar-refractivity contribution in [1.29, 1.82) is 0 Å². The lowest BCUT2D eigenvalue weighted by Crippen LogP contribution is -2.40. The normalized spacial score (nSPS) is 18.9. The highest BCUT2D eigenvalue weighted by molar-refractivity contribution is 5.83. The average molecular weight is 451 g/mol. The van der Waals surface area contributed by atoms with Crippen molar-refractivity contribution in [3.63, 3.8) is 0 Å². The maximum atomic E-state index is 12.8. The van der Waals surface area contributed by atoms with Gasteiger partial charge in [0.1, 0.15) is 13.2 Å². The van der Waals surface area contributed by atoms with Crippen LogP contribution in [0.2, 0.25) is 0 Å². The molecule has 0 aliphatic heterocycles. The molecule has 0 heterocycles. The number of hydrogen-bond donors (Lipinski definition) is 2. The highest BCUT2D eigenvalue weighted by Crippen LogP contribution is 2.44. The largest absolute Gasteiger partial charge is 0.480 e. The molecule has 2 aromatic rings. The standard InChI is InChI=1S/C26H30N2O5/c1-2-13-28(15-24(29)30)25(31)17-11-12-18(14-17)27-26(32)33-16-23-21-9-5-3-7-19(21)20-8-4-6-10-22(20)23/h3-10,17-18,23H,2,11-16H2,1H3,(H,27,32)(H,29,30). The Balaban J connectivity index is 1.31. The summed E-state index contributed by atoms with van der Waals surface area (Å²) < 4.78 is 5.61. The number of hydrogen-bond acceptors (Lipinski definition) is 4. The molecule has 1 fully saturated rings. The molecule has 2 atom stereocenters. The molecule has 0 aromatic heterocycles. The lowest BCUT2D eigenvalue weighted by molar-refractivity contribution is -0.146. The molecule has 1 saturated carbocycles. The summed E-state index contributed by atoms with van der Waals surface area (Å²) in [6.45, 7) is 2.30. The lowest BCUT2D eigenvalue weighted by Gasteiger charge is -2.23. The second kappa shape index (κ2) is 10.1. The van der Waals surface area contributed by atoms with Gasteiger partial charge in [-0.15, -0.1) is 0 Å². The Morgan fingerprint density at radius 1 is 1.03 bits per heavy atom. The van der Waals surface area contributed by atoms with Crippen LogP contribution in [-0.2, 0) is 14.3 Å². The number of rotatable bonds is 8. The molecule has 174 valence electrons. The monoisotopic (exact) mass is 450 g/mol. The lowest BCUT2D eigenvalue weighted by atomic mass is 9.98. The number of fused-ring (bicyclic) bond motifs is 3. The molecule has 0 saturated heterocycles. The molecule has 0 bridgehead atoms. The van der Waals surface area contributed by atoms with Crippen molar-refractivity contribution in [3.8, 4) is 11.1 Å². The van der Waals surface area contributed by atoms with Crippen molar-refractivity contribution in [2.45, 2.75) is 44.6 Å². The summed E-state index contributed by atoms with van der Waals surface area (Å²) in [5.41, 5.74) is 4.68. The van der Waals surface area contributed by atoms with Crippen LogP contribution in [0, 0.1) is 5.92 Å². The molecule has 7 heteroatoms. The molecule has 0 spiro atoms. The van der Waals surface area contributed by atoms with Gasteiger partial charge < -0.3 is 20.1 Å². The fourth-order valence-electron chi connectivity index (χ4n) is 5.10. The maximum Gasteiger partial charge on any atom is 0.407 e. The smallest absolute Gasteiger partial charge is 0.407 e. The summed E-state index contributed by atoms with van der Waals surface area (Å²) in [7, 11) is 0. The van der Waals surface area contributed by atoms with Crippen molar-refractivity contribution in [3.05, 3.63) is 59.7 Å². The van der Waals surface area contributed by atoms with E-state index in [1.165, 1.54) is 16.0 Å². The first-order chi connectivity index (χ1) is 16.0. The van der Waals surface area contributed by atoms with E-state index in [0.717, 1.165) is 11.1 Å². The molecule has 0 radical (unpaired) electrons. The minimum Gasteiger partial charge on any atom is -0.480 e. The van der Waals surface area contributed by atoms with E-state index < -0.39 is 12.1 Å². The van der Waals surface area contributed by atoms with Crippen LogP contribution in [0.4, 0.5) is 4.79 Å². The van der Waals surface area contributed by atoms with Gasteiger partial charge in [-0.25, -0.2) is 4.79 Å². The van der Waals surface area contributed by atoms with E-state index in [2.05, 4.69) is 29.6 Å². The van der Waals surface area contributed by atoms with Gasteiger partial charge in [-0.1, -0.05) is 55.5 Å². The molecule has 4 rings (SSSR count). The van der Waals surface area contributed by atoms with E-state index in [-0.39, 0.29) is 36.9 Å². The Kier molecular flexibility index (Phi) is 6.96. The van der Waals surface area contributed by atoms with Gasteiger partial charge in [0, 0.05) is 24.4 Å². The third-order valence-corrected chi connectivity index (χ3v) is 6.58. The van der Waals surface area contributed by atoms with Crippen LogP contribution in [-0.4, -0.2) is 53.7 Å². The molecule has 2 aliphatic rings. The van der Waals surface area contributed by atoms with Gasteiger partial charge in [0.25, 0.3) is 0 Å². The highest BCUT2D eigenvalue weighted by atomic mass is 16.5. The van der Waals surface area contributed by atoms with Gasteiger partial charge >= 0.3 is 12.1 Å². The van der Waals surface area contributed by atoms with Crippen LogP contribution >= 0.6 is 0 Å². The van der Waals surface area contributed by atoms with Crippen molar-refractivity contribution >= 4 is 18.0 Å². The fraction of sp³-hybridized carbons (Fsp3) is 0.423. The molecule has 2 aromatic carbocycles. The van der Waals surface area contributed by atoms with Crippen LogP contribution < -0.4 is 5.32 Å². The molecule has 2 unspecified atom stereocenters. The van der Waals surface area contributed by atoms with Gasteiger partial charge in [-0.2, -0.15) is 0 Å². The van der Waals surface area contributed by atoms with E-state index in [1.807, 2.05) is 31.2 Å². The average Bonchev–Trinajstić information content (AvgIpc) is 3.39. The van der Waals surface area contributed by atoms with E-state index in [1.54, 1.807) is 0 Å². The zero-order chi connectivity index (χ0) is 23.4. The number of nitrogens with zero attached hydrogens (tertiary/aromatic N) is 1. The molecule has 2 aliphatic carbocycles. The highest BCUT2D eigenvalue weighted by Gasteiger charge is 2.34. The number of carbonyl (C=O) groups excluding carboxylic acids is 2. The number of carboxylic acid groups (broad SMARTS) is 1. The molecular weight excluding hydrogens is 420 g/mol. The molecule has 2 N–H and O–H groups in total.